The van der Waals surface area contributed by atoms with Crippen LogP contribution in [-0.4, -0.2) is 39.7 Å². The van der Waals surface area contributed by atoms with Crippen LogP contribution in [0.4, 0.5) is 0 Å². The predicted octanol–water partition coefficient (Wildman–Crippen LogP) is 3.25. The predicted molar refractivity (Wildman–Crippen MR) is 93.5 cm³/mol. The Kier molecular flexibility index (Phi) is 4.70. The van der Waals surface area contributed by atoms with E-state index in [1.54, 1.807) is 6.33 Å². The van der Waals surface area contributed by atoms with Crippen LogP contribution < -0.4 is 4.74 Å². The molecule has 0 unspecified atom stereocenters. The van der Waals surface area contributed by atoms with Crippen molar-refractivity contribution in [3.8, 4) is 5.88 Å². The van der Waals surface area contributed by atoms with Crippen molar-refractivity contribution in [2.24, 2.45) is 5.92 Å². The number of rotatable bonds is 6. The molecule has 1 aliphatic carbocycles. The molecule has 3 heterocycles. The van der Waals surface area contributed by atoms with E-state index in [-0.39, 0.29) is 0 Å². The summed E-state index contributed by atoms with van der Waals surface area (Å²) in [5, 5.41) is 4.23. The Morgan fingerprint density at radius 1 is 1.16 bits per heavy atom. The van der Waals surface area contributed by atoms with Crippen molar-refractivity contribution in [1.82, 2.24) is 20.0 Å². The van der Waals surface area contributed by atoms with Crippen molar-refractivity contribution >= 4 is 0 Å². The largest absolute Gasteiger partial charge is 0.477 e. The first kappa shape index (κ1) is 16.5. The van der Waals surface area contributed by atoms with Crippen LogP contribution in [0.5, 0.6) is 5.88 Å². The first-order valence-corrected chi connectivity index (χ1v) is 9.28. The molecule has 0 spiro atoms. The number of likely N-dealkylation sites (tertiary alicyclic amines) is 1. The lowest BCUT2D eigenvalue weighted by Crippen LogP contribution is -2.35. The molecule has 0 bridgehead atoms. The molecular formula is C19H26N4O2. The van der Waals surface area contributed by atoms with Crippen molar-refractivity contribution in [2.75, 3.05) is 19.7 Å². The van der Waals surface area contributed by atoms with Crippen molar-refractivity contribution in [3.63, 3.8) is 0 Å². The summed E-state index contributed by atoms with van der Waals surface area (Å²) in [6.07, 6.45) is 6.39. The van der Waals surface area contributed by atoms with E-state index in [2.05, 4.69) is 26.1 Å². The Labute approximate surface area is 148 Å². The third kappa shape index (κ3) is 4.00. The minimum atomic E-state index is 0.588. The van der Waals surface area contributed by atoms with Crippen LogP contribution in [0, 0.1) is 19.8 Å². The lowest BCUT2D eigenvalue weighted by molar-refractivity contribution is 0.132. The minimum absolute atomic E-state index is 0.588. The van der Waals surface area contributed by atoms with Crippen LogP contribution in [0.25, 0.3) is 0 Å². The number of hydrogen-bond acceptors (Lipinski definition) is 6. The first-order valence-electron chi connectivity index (χ1n) is 9.28. The van der Waals surface area contributed by atoms with E-state index in [1.807, 2.05) is 13.8 Å². The van der Waals surface area contributed by atoms with E-state index in [4.69, 9.17) is 9.26 Å². The lowest BCUT2D eigenvalue weighted by atomic mass is 9.97. The van der Waals surface area contributed by atoms with Gasteiger partial charge in [-0.25, -0.2) is 9.97 Å². The fourth-order valence-electron chi connectivity index (χ4n) is 3.36. The Balaban J connectivity index is 1.23. The monoisotopic (exact) mass is 342 g/mol. The van der Waals surface area contributed by atoms with Gasteiger partial charge in [0.15, 0.2) is 0 Å². The molecule has 4 rings (SSSR count). The second-order valence-corrected chi connectivity index (χ2v) is 7.41. The van der Waals surface area contributed by atoms with Gasteiger partial charge in [0, 0.05) is 29.8 Å². The maximum Gasteiger partial charge on any atom is 0.219 e. The molecule has 1 aliphatic heterocycles. The quantitative estimate of drug-likeness (QED) is 0.803. The first-order chi connectivity index (χ1) is 12.2. The van der Waals surface area contributed by atoms with Crippen LogP contribution in [0.2, 0.25) is 0 Å². The summed E-state index contributed by atoms with van der Waals surface area (Å²) in [6, 6.07) is 2.15. The fraction of sp³-hybridized carbons (Fsp3) is 0.632. The molecule has 0 N–H and O–H groups in total. The van der Waals surface area contributed by atoms with Gasteiger partial charge in [-0.15, -0.1) is 0 Å². The second kappa shape index (κ2) is 7.12. The van der Waals surface area contributed by atoms with E-state index in [1.165, 1.54) is 12.8 Å². The summed E-state index contributed by atoms with van der Waals surface area (Å²) in [6.45, 7) is 7.81. The Hall–Kier alpha value is -1.95. The highest BCUT2D eigenvalue weighted by molar-refractivity contribution is 5.26. The maximum absolute atomic E-state index is 5.95. The molecule has 2 aliphatic rings. The van der Waals surface area contributed by atoms with Gasteiger partial charge in [0.1, 0.15) is 12.1 Å². The molecule has 0 radical (unpaired) electrons. The highest BCUT2D eigenvalue weighted by Gasteiger charge is 2.28. The average Bonchev–Trinajstić information content (AvgIpc) is 3.37. The molecule has 134 valence electrons. The van der Waals surface area contributed by atoms with Crippen LogP contribution in [0.1, 0.15) is 54.3 Å². The van der Waals surface area contributed by atoms with Crippen molar-refractivity contribution < 1.29 is 9.26 Å². The fourth-order valence-corrected chi connectivity index (χ4v) is 3.36. The maximum atomic E-state index is 5.95. The molecule has 1 saturated heterocycles. The number of ether oxygens (including phenoxy) is 1. The van der Waals surface area contributed by atoms with Gasteiger partial charge in [-0.3, -0.25) is 4.90 Å². The molecule has 2 aromatic heterocycles. The number of nitrogens with zero attached hydrogens (tertiary/aromatic N) is 4. The van der Waals surface area contributed by atoms with Crippen molar-refractivity contribution in [2.45, 2.75) is 52.0 Å². The Morgan fingerprint density at radius 3 is 2.72 bits per heavy atom. The molecule has 2 aromatic rings. The topological polar surface area (TPSA) is 64.3 Å². The minimum Gasteiger partial charge on any atom is -0.477 e. The summed E-state index contributed by atoms with van der Waals surface area (Å²) >= 11 is 0. The van der Waals surface area contributed by atoms with E-state index in [0.29, 0.717) is 11.8 Å². The van der Waals surface area contributed by atoms with Gasteiger partial charge < -0.3 is 9.26 Å². The molecule has 6 nitrogen and oxygen atoms in total. The summed E-state index contributed by atoms with van der Waals surface area (Å²) in [7, 11) is 0. The number of piperidine rings is 1. The molecule has 1 saturated carbocycles. The summed E-state index contributed by atoms with van der Waals surface area (Å²) in [5.74, 6) is 3.03. The van der Waals surface area contributed by atoms with Gasteiger partial charge in [-0.2, -0.15) is 0 Å². The smallest absolute Gasteiger partial charge is 0.219 e. The van der Waals surface area contributed by atoms with Gasteiger partial charge in [0.05, 0.1) is 12.3 Å². The highest BCUT2D eigenvalue weighted by atomic mass is 16.5. The van der Waals surface area contributed by atoms with Gasteiger partial charge in [-0.05, 0) is 58.5 Å². The normalized spacial score (nSPS) is 19.3. The number of aromatic nitrogens is 3. The van der Waals surface area contributed by atoms with E-state index in [0.717, 1.165) is 67.7 Å². The van der Waals surface area contributed by atoms with Crippen LogP contribution in [0.15, 0.2) is 16.9 Å². The lowest BCUT2D eigenvalue weighted by Gasteiger charge is -2.31. The molecule has 25 heavy (non-hydrogen) atoms. The van der Waals surface area contributed by atoms with Gasteiger partial charge >= 0.3 is 0 Å². The SMILES string of the molecule is Cc1ncnc(OCC2CCN(Cc3cc(C4CC4)on3)CC2)c1C. The highest BCUT2D eigenvalue weighted by Crippen LogP contribution is 2.40. The zero-order valence-electron chi connectivity index (χ0n) is 15.1. The standard InChI is InChI=1S/C19H26N4O2/c1-13-14(2)20-12-21-19(13)24-11-15-5-7-23(8-6-15)10-17-9-18(25-22-17)16-3-4-16/h9,12,15-16H,3-8,10-11H2,1-2H3. The molecular weight excluding hydrogens is 316 g/mol. The molecule has 0 aromatic carbocycles. The van der Waals surface area contributed by atoms with Crippen molar-refractivity contribution in [1.29, 1.82) is 0 Å². The Bertz CT molecular complexity index is 718. The van der Waals surface area contributed by atoms with E-state index < -0.39 is 0 Å². The molecule has 0 atom stereocenters. The number of aryl methyl sites for hydroxylation is 1. The van der Waals surface area contributed by atoms with Gasteiger partial charge in [-0.1, -0.05) is 5.16 Å². The van der Waals surface area contributed by atoms with Crippen LogP contribution in [-0.2, 0) is 6.54 Å². The summed E-state index contributed by atoms with van der Waals surface area (Å²) in [4.78, 5) is 10.9. The van der Waals surface area contributed by atoms with E-state index in [9.17, 15) is 0 Å². The molecule has 2 fully saturated rings. The zero-order valence-corrected chi connectivity index (χ0v) is 15.1. The van der Waals surface area contributed by atoms with Gasteiger partial charge in [0.25, 0.3) is 0 Å². The Morgan fingerprint density at radius 2 is 1.96 bits per heavy atom. The summed E-state index contributed by atoms with van der Waals surface area (Å²) in [5.41, 5.74) is 3.10. The second-order valence-electron chi connectivity index (χ2n) is 7.41. The zero-order chi connectivity index (χ0) is 17.2. The third-order valence-electron chi connectivity index (χ3n) is 5.40. The summed E-state index contributed by atoms with van der Waals surface area (Å²) < 4.78 is 11.4. The average molecular weight is 342 g/mol. The molecule has 6 heteroatoms. The molecule has 0 amide bonds. The number of hydrogen-bond donors (Lipinski definition) is 0. The van der Waals surface area contributed by atoms with Crippen molar-refractivity contribution in [3.05, 3.63) is 35.1 Å². The third-order valence-corrected chi connectivity index (χ3v) is 5.40. The van der Waals surface area contributed by atoms with Crippen LogP contribution >= 0.6 is 0 Å². The van der Waals surface area contributed by atoms with Crippen LogP contribution in [0.3, 0.4) is 0 Å². The van der Waals surface area contributed by atoms with Gasteiger partial charge in [0.2, 0.25) is 5.88 Å². The van der Waals surface area contributed by atoms with E-state index >= 15 is 0 Å².